The quantitative estimate of drug-likeness (QED) is 0.0989. The van der Waals surface area contributed by atoms with E-state index in [4.69, 9.17) is 4.98 Å². The number of allylic oxidation sites excluding steroid dienone is 2. The second-order valence-electron chi connectivity index (χ2n) is 13.2. The topological polar surface area (TPSA) is 50.2 Å². The van der Waals surface area contributed by atoms with Gasteiger partial charge in [-0.05, 0) is 68.5 Å². The number of rotatable bonds is 10. The van der Waals surface area contributed by atoms with Crippen molar-refractivity contribution >= 4 is 38.1 Å². The maximum absolute atomic E-state index is 12.2. The Morgan fingerprint density at radius 3 is 2.07 bits per heavy atom. The first kappa shape index (κ1) is 37.9. The van der Waals surface area contributed by atoms with Crippen LogP contribution in [0.1, 0.15) is 103 Å². The number of thiophene rings is 1. The van der Waals surface area contributed by atoms with Crippen molar-refractivity contribution in [3.8, 4) is 11.3 Å². The Hall–Kier alpha value is -2.33. The van der Waals surface area contributed by atoms with Crippen LogP contribution in [0, 0.1) is 43.6 Å². The van der Waals surface area contributed by atoms with E-state index in [1.165, 1.54) is 37.6 Å². The first-order chi connectivity index (χ1) is 20.2. The first-order valence-electron chi connectivity index (χ1n) is 16.0. The summed E-state index contributed by atoms with van der Waals surface area (Å²) in [7, 11) is 0. The summed E-state index contributed by atoms with van der Waals surface area (Å²) in [6.45, 7) is 23.0. The van der Waals surface area contributed by atoms with E-state index in [-0.39, 0.29) is 42.5 Å². The number of benzene rings is 2. The van der Waals surface area contributed by atoms with Crippen LogP contribution in [-0.4, -0.2) is 15.9 Å². The molecule has 0 aliphatic heterocycles. The van der Waals surface area contributed by atoms with Gasteiger partial charge in [-0.3, -0.25) is 9.78 Å². The van der Waals surface area contributed by atoms with Gasteiger partial charge in [0.05, 0.1) is 5.52 Å². The average molecular weight is 791 g/mol. The molecule has 241 valence electrons. The van der Waals surface area contributed by atoms with Crippen LogP contribution in [0.3, 0.4) is 0 Å². The number of pyridine rings is 1. The second kappa shape index (κ2) is 15.8. The molecule has 0 aliphatic rings. The van der Waals surface area contributed by atoms with Crippen molar-refractivity contribution in [1.82, 2.24) is 4.98 Å². The van der Waals surface area contributed by atoms with Gasteiger partial charge in [0.1, 0.15) is 5.76 Å². The van der Waals surface area contributed by atoms with E-state index >= 15 is 0 Å². The van der Waals surface area contributed by atoms with E-state index in [1.54, 1.807) is 0 Å². The molecule has 5 heteroatoms. The summed E-state index contributed by atoms with van der Waals surface area (Å²) >= 11 is 1.90. The van der Waals surface area contributed by atoms with Gasteiger partial charge < -0.3 is 5.11 Å². The number of aliphatic hydroxyl groups excluding tert-OH is 1. The van der Waals surface area contributed by atoms with Crippen LogP contribution in [-0.2, 0) is 31.3 Å². The fourth-order valence-corrected chi connectivity index (χ4v) is 6.73. The summed E-state index contributed by atoms with van der Waals surface area (Å²) in [4.78, 5) is 18.7. The summed E-state index contributed by atoms with van der Waals surface area (Å²) in [5.41, 5.74) is 6.35. The smallest absolute Gasteiger partial charge is 0.164 e. The van der Waals surface area contributed by atoms with Crippen LogP contribution in [0.25, 0.3) is 32.2 Å². The minimum atomic E-state index is -0.337. The normalized spacial score (nSPS) is 12.3. The van der Waals surface area contributed by atoms with Crippen LogP contribution in [0.5, 0.6) is 0 Å². The fraction of sp³-hybridized carbons (Fsp3) is 0.487. The summed E-state index contributed by atoms with van der Waals surface area (Å²) in [5, 5.41) is 12.7. The van der Waals surface area contributed by atoms with E-state index < -0.39 is 0 Å². The molecule has 2 heterocycles. The predicted octanol–water partition coefficient (Wildman–Crippen LogP) is 11.7. The Kier molecular flexibility index (Phi) is 13.6. The number of fused-ring (bicyclic) bond motifs is 3. The van der Waals surface area contributed by atoms with Gasteiger partial charge in [-0.25, -0.2) is 0 Å². The molecule has 0 amide bonds. The van der Waals surface area contributed by atoms with E-state index in [0.717, 1.165) is 54.4 Å². The van der Waals surface area contributed by atoms with Gasteiger partial charge in [0.2, 0.25) is 0 Å². The number of ketones is 1. The number of carbonyl (C=O) groups excluding carboxylic acids is 1. The molecule has 0 saturated carbocycles. The molecule has 0 spiro atoms. The maximum Gasteiger partial charge on any atom is 0.164 e. The first-order valence-corrected chi connectivity index (χ1v) is 16.8. The molecule has 2 aromatic heterocycles. The Morgan fingerprint density at radius 2 is 1.52 bits per heavy atom. The Morgan fingerprint density at radius 1 is 0.909 bits per heavy atom. The van der Waals surface area contributed by atoms with Crippen LogP contribution >= 0.6 is 11.3 Å². The average Bonchev–Trinajstić information content (AvgIpc) is 3.38. The minimum absolute atomic E-state index is 0. The van der Waals surface area contributed by atoms with Crippen molar-refractivity contribution in [3.63, 3.8) is 0 Å². The molecule has 44 heavy (non-hydrogen) atoms. The third kappa shape index (κ3) is 8.68. The van der Waals surface area contributed by atoms with E-state index in [9.17, 15) is 9.90 Å². The number of hydrogen-bond donors (Lipinski definition) is 1. The summed E-state index contributed by atoms with van der Waals surface area (Å²) in [6.07, 6.45) is 5.87. The summed E-state index contributed by atoms with van der Waals surface area (Å²) in [6, 6.07) is 16.9. The van der Waals surface area contributed by atoms with E-state index in [2.05, 4.69) is 77.1 Å². The van der Waals surface area contributed by atoms with Crippen LogP contribution in [0.4, 0.5) is 0 Å². The van der Waals surface area contributed by atoms with Gasteiger partial charge in [0.15, 0.2) is 5.78 Å². The van der Waals surface area contributed by atoms with Crippen LogP contribution < -0.4 is 0 Å². The molecule has 0 saturated heterocycles. The molecule has 4 rings (SSSR count). The monoisotopic (exact) mass is 791 g/mol. The van der Waals surface area contributed by atoms with Gasteiger partial charge in [-0.15, -0.1) is 46.2 Å². The van der Waals surface area contributed by atoms with Gasteiger partial charge in [0.25, 0.3) is 0 Å². The predicted molar refractivity (Wildman–Crippen MR) is 187 cm³/mol. The van der Waals surface area contributed by atoms with Crippen molar-refractivity contribution in [2.45, 2.75) is 108 Å². The molecule has 0 atom stereocenters. The van der Waals surface area contributed by atoms with Gasteiger partial charge >= 0.3 is 0 Å². The largest absolute Gasteiger partial charge is 0.512 e. The number of aliphatic hydroxyl groups is 1. The summed E-state index contributed by atoms with van der Waals surface area (Å²) < 4.78 is 1.29. The zero-order valence-corrected chi connectivity index (χ0v) is 31.9. The molecular weight excluding hydrogens is 739 g/mol. The van der Waals surface area contributed by atoms with Crippen molar-refractivity contribution in [2.75, 3.05) is 0 Å². The van der Waals surface area contributed by atoms with Crippen molar-refractivity contribution in [2.24, 2.45) is 16.7 Å². The Balaban J connectivity index is 0.000000331. The molecule has 1 N–H and O–H groups in total. The number of aryl methyl sites for hydroxylation is 3. The number of hydrogen-bond acceptors (Lipinski definition) is 4. The van der Waals surface area contributed by atoms with Gasteiger partial charge in [-0.2, -0.15) is 0 Å². The molecule has 1 radical (unpaired) electrons. The SMILES string of the molecule is CCC(C)(CC)C(=O)/C=C(\O)C(C)(CC)CC.Cc1[c-]c(-c2nc3ccc(C)cc3c3cc(CC(C)C)sc23)cc(C)c1.[Ir]. The van der Waals surface area contributed by atoms with Gasteiger partial charge in [-0.1, -0.05) is 80.9 Å². The number of carbonyl (C=O) groups is 1. The molecule has 0 bridgehead atoms. The third-order valence-electron chi connectivity index (χ3n) is 9.29. The molecule has 0 fully saturated rings. The van der Waals surface area contributed by atoms with Crippen molar-refractivity contribution < 1.29 is 30.0 Å². The molecular formula is C39H52IrNO2S-. The molecule has 2 aromatic carbocycles. The van der Waals surface area contributed by atoms with Crippen molar-refractivity contribution in [1.29, 1.82) is 0 Å². The number of aromatic nitrogens is 1. The molecule has 0 unspecified atom stereocenters. The molecule has 3 nitrogen and oxygen atoms in total. The zero-order valence-electron chi connectivity index (χ0n) is 28.7. The standard InChI is InChI=1S/C24H24NS.C15H28O2.Ir/c1-14(2)8-19-13-21-20-12-15(3)6-7-22(20)25-23(24(21)26-19)18-10-16(4)9-17(5)11-18;1-7-14(5,8-2)12(16)11-13(17)15(6,9-3)10-4;/h6-7,9-10,12-14H,8H2,1-5H3;11,16H,7-10H2,1-6H3;/q-1;;/b;12-11-;. The van der Waals surface area contributed by atoms with E-state index in [1.807, 2.05) is 52.9 Å². The van der Waals surface area contributed by atoms with Crippen LogP contribution in [0.2, 0.25) is 0 Å². The van der Waals surface area contributed by atoms with Crippen molar-refractivity contribution in [3.05, 3.63) is 75.9 Å². The summed E-state index contributed by atoms with van der Waals surface area (Å²) in [5.74, 6) is 0.939. The van der Waals surface area contributed by atoms with Gasteiger partial charge in [0, 0.05) is 57.7 Å². The van der Waals surface area contributed by atoms with E-state index in [0.29, 0.717) is 5.92 Å². The number of nitrogens with zero attached hydrogens (tertiary/aromatic N) is 1. The minimum Gasteiger partial charge on any atom is -0.512 e. The zero-order chi connectivity index (χ0) is 32.1. The third-order valence-corrected chi connectivity index (χ3v) is 10.5. The fourth-order valence-electron chi connectivity index (χ4n) is 5.34. The Bertz CT molecular complexity index is 1590. The maximum atomic E-state index is 12.2. The molecule has 4 aromatic rings. The van der Waals surface area contributed by atoms with Crippen LogP contribution in [0.15, 0.2) is 48.2 Å². The Labute approximate surface area is 283 Å². The second-order valence-corrected chi connectivity index (χ2v) is 14.4. The molecule has 0 aliphatic carbocycles.